The Balaban J connectivity index is 1.21. The summed E-state index contributed by atoms with van der Waals surface area (Å²) in [7, 11) is 0. The van der Waals surface area contributed by atoms with Crippen molar-refractivity contribution in [3.63, 3.8) is 0 Å². The van der Waals surface area contributed by atoms with Gasteiger partial charge in [0, 0.05) is 35.3 Å². The van der Waals surface area contributed by atoms with Gasteiger partial charge in [-0.3, -0.25) is 0 Å². The van der Waals surface area contributed by atoms with Crippen LogP contribution >= 0.6 is 0 Å². The fourth-order valence-electron chi connectivity index (χ4n) is 6.43. The number of anilines is 3. The molecule has 0 fully saturated rings. The number of allylic oxidation sites excluding steroid dienone is 1. The topological polar surface area (TPSA) is 65.2 Å². The van der Waals surface area contributed by atoms with E-state index in [1.54, 1.807) is 24.3 Å². The van der Waals surface area contributed by atoms with Gasteiger partial charge in [-0.15, -0.1) is 0 Å². The second-order valence-electron chi connectivity index (χ2n) is 13.0. The molecule has 51 heavy (non-hydrogen) atoms. The van der Waals surface area contributed by atoms with Crippen molar-refractivity contribution in [2.75, 3.05) is 18.1 Å². The van der Waals surface area contributed by atoms with E-state index in [-0.39, 0.29) is 11.5 Å². The minimum Gasteiger partial charge on any atom is -0.508 e. The monoisotopic (exact) mass is 681 g/mol. The lowest BCUT2D eigenvalue weighted by atomic mass is 10.1. The third-order valence-corrected chi connectivity index (χ3v) is 9.17. The molecule has 0 aliphatic carbocycles. The number of unbranched alkanes of at least 4 members (excludes halogenated alkanes) is 6. The van der Waals surface area contributed by atoms with Gasteiger partial charge in [0.2, 0.25) is 11.4 Å². The molecule has 0 spiro atoms. The molecule has 6 rings (SSSR count). The van der Waals surface area contributed by atoms with E-state index in [0.29, 0.717) is 0 Å². The minimum absolute atomic E-state index is 0.193. The molecule has 6 heteroatoms. The summed E-state index contributed by atoms with van der Waals surface area (Å²) in [6.07, 6.45) is 15.6. The van der Waals surface area contributed by atoms with Gasteiger partial charge in [-0.1, -0.05) is 64.5 Å². The van der Waals surface area contributed by atoms with E-state index in [0.717, 1.165) is 82.7 Å². The maximum absolute atomic E-state index is 10.1. The van der Waals surface area contributed by atoms with Crippen LogP contribution in [-0.2, 0) is 0 Å². The summed E-state index contributed by atoms with van der Waals surface area (Å²) in [4.78, 5) is 2.25. The molecule has 0 saturated carbocycles. The average Bonchev–Trinajstić information content (AvgIpc) is 3.44. The Labute approximate surface area is 302 Å². The van der Waals surface area contributed by atoms with Gasteiger partial charge >= 0.3 is 0 Å². The molecule has 1 heterocycles. The zero-order valence-electron chi connectivity index (χ0n) is 29.8. The summed E-state index contributed by atoms with van der Waals surface area (Å²) in [6.45, 7) is 5.91. The van der Waals surface area contributed by atoms with E-state index in [1.165, 1.54) is 38.5 Å². The molecule has 2 N–H and O–H groups in total. The van der Waals surface area contributed by atoms with Crippen LogP contribution in [0, 0.1) is 0 Å². The van der Waals surface area contributed by atoms with E-state index in [4.69, 9.17) is 9.47 Å². The minimum atomic E-state index is 0.193. The van der Waals surface area contributed by atoms with Crippen molar-refractivity contribution in [2.24, 2.45) is 0 Å². The van der Waals surface area contributed by atoms with Gasteiger partial charge in [-0.2, -0.15) is 4.58 Å². The first-order valence-electron chi connectivity index (χ1n) is 18.4. The van der Waals surface area contributed by atoms with Crippen LogP contribution in [0.5, 0.6) is 23.0 Å². The lowest BCUT2D eigenvalue weighted by Gasteiger charge is -2.26. The van der Waals surface area contributed by atoms with Crippen molar-refractivity contribution >= 4 is 40.7 Å². The Morgan fingerprint density at radius 2 is 1.00 bits per heavy atom. The molecule has 262 valence electrons. The lowest BCUT2D eigenvalue weighted by molar-refractivity contribution is 0.305. The van der Waals surface area contributed by atoms with Crippen LogP contribution in [-0.4, -0.2) is 29.6 Å². The Morgan fingerprint density at radius 3 is 1.45 bits per heavy atom. The number of phenols is 2. The Morgan fingerprint density at radius 1 is 0.549 bits per heavy atom. The second kappa shape index (κ2) is 17.4. The SMILES string of the molecule is CCCCCCOc1ccc(N(c2ccc(C=CC=[N+]3c4ccc(O)cc4-c4cc(O)ccc43)cc2)c2ccc(OCCCCCC)cc2)cc1. The number of nitrogens with zero attached hydrogens (tertiary/aromatic N) is 2. The fraction of sp³-hybridized carbons (Fsp3) is 0.267. The number of phenolic OH excluding ortho intramolecular Hbond substituents is 2. The highest BCUT2D eigenvalue weighted by molar-refractivity contribution is 5.99. The molecule has 5 aromatic rings. The van der Waals surface area contributed by atoms with E-state index in [1.807, 2.05) is 24.4 Å². The highest BCUT2D eigenvalue weighted by atomic mass is 16.5. The Bertz CT molecular complexity index is 1820. The largest absolute Gasteiger partial charge is 0.508 e. The molecule has 1 aliphatic rings. The zero-order chi connectivity index (χ0) is 35.4. The predicted octanol–water partition coefficient (Wildman–Crippen LogP) is 12.1. The number of fused-ring (bicyclic) bond motifs is 3. The summed E-state index contributed by atoms with van der Waals surface area (Å²) < 4.78 is 14.2. The van der Waals surface area contributed by atoms with Crippen LogP contribution in [0.15, 0.2) is 115 Å². The van der Waals surface area contributed by atoms with Crippen molar-refractivity contribution in [3.8, 4) is 34.1 Å². The number of hydrogen-bond acceptors (Lipinski definition) is 5. The molecular formula is C45H49N2O4+. The van der Waals surface area contributed by atoms with Gasteiger partial charge < -0.3 is 24.6 Å². The van der Waals surface area contributed by atoms with E-state index < -0.39 is 0 Å². The molecule has 0 saturated heterocycles. The maximum atomic E-state index is 10.1. The van der Waals surface area contributed by atoms with E-state index >= 15 is 0 Å². The summed E-state index contributed by atoms with van der Waals surface area (Å²) in [5.74, 6) is 2.16. The summed E-state index contributed by atoms with van der Waals surface area (Å²) >= 11 is 0. The normalized spacial score (nSPS) is 11.8. The van der Waals surface area contributed by atoms with Crippen molar-refractivity contribution in [1.82, 2.24) is 4.58 Å². The first kappa shape index (κ1) is 35.3. The Kier molecular flexibility index (Phi) is 12.1. The zero-order valence-corrected chi connectivity index (χ0v) is 29.8. The standard InChI is InChI=1S/C45H48N2O4/c1-3-5-7-9-30-50-40-23-17-36(18-24-40)47(37-19-25-41(26-20-37)51-31-10-8-6-4-2)35-15-13-34(14-16-35)12-11-29-46-44-27-21-38(48)32-42(44)43-33-39(49)22-28-45(43)46/h11-29,32-33H,3-10,30-31H2,1-2H3,(H-,48,49)/p+1. The quantitative estimate of drug-likeness (QED) is 0.0741. The molecule has 1 aliphatic heterocycles. The number of rotatable bonds is 17. The maximum Gasteiger partial charge on any atom is 0.219 e. The van der Waals surface area contributed by atoms with Crippen molar-refractivity contribution in [1.29, 1.82) is 0 Å². The van der Waals surface area contributed by atoms with Crippen molar-refractivity contribution < 1.29 is 19.7 Å². The molecule has 0 radical (unpaired) electrons. The fourth-order valence-corrected chi connectivity index (χ4v) is 6.43. The van der Waals surface area contributed by atoms with E-state index in [9.17, 15) is 10.2 Å². The van der Waals surface area contributed by atoms with Crippen LogP contribution in [0.4, 0.5) is 28.4 Å². The molecular weight excluding hydrogens is 633 g/mol. The van der Waals surface area contributed by atoms with Gasteiger partial charge in [0.05, 0.1) is 24.3 Å². The number of benzene rings is 5. The van der Waals surface area contributed by atoms with Crippen LogP contribution < -0.4 is 18.9 Å². The van der Waals surface area contributed by atoms with Crippen LogP contribution in [0.1, 0.15) is 70.8 Å². The highest BCUT2D eigenvalue weighted by Crippen LogP contribution is 2.47. The van der Waals surface area contributed by atoms with Gasteiger partial charge in [-0.05, 0) is 109 Å². The van der Waals surface area contributed by atoms with Gasteiger partial charge in [0.1, 0.15) is 23.0 Å². The first-order chi connectivity index (χ1) is 25.0. The molecule has 0 aromatic heterocycles. The summed E-state index contributed by atoms with van der Waals surface area (Å²) in [5, 5.41) is 20.2. The van der Waals surface area contributed by atoms with Crippen molar-refractivity contribution in [3.05, 3.63) is 121 Å². The van der Waals surface area contributed by atoms with Gasteiger partial charge in [0.15, 0.2) is 6.21 Å². The van der Waals surface area contributed by atoms with Crippen LogP contribution in [0.25, 0.3) is 17.2 Å². The third kappa shape index (κ3) is 9.01. The van der Waals surface area contributed by atoms with Crippen LogP contribution in [0.3, 0.4) is 0 Å². The predicted molar refractivity (Wildman–Crippen MR) is 212 cm³/mol. The average molecular weight is 682 g/mol. The first-order valence-corrected chi connectivity index (χ1v) is 18.4. The Hall–Kier alpha value is -5.49. The number of aromatic hydroxyl groups is 2. The molecule has 6 nitrogen and oxygen atoms in total. The van der Waals surface area contributed by atoms with Crippen molar-refractivity contribution in [2.45, 2.75) is 65.2 Å². The molecule has 0 bridgehead atoms. The third-order valence-electron chi connectivity index (χ3n) is 9.17. The molecule has 5 aromatic carbocycles. The van der Waals surface area contributed by atoms with Crippen LogP contribution in [0.2, 0.25) is 0 Å². The highest BCUT2D eigenvalue weighted by Gasteiger charge is 2.31. The number of hydrogen-bond donors (Lipinski definition) is 2. The second-order valence-corrected chi connectivity index (χ2v) is 13.0. The smallest absolute Gasteiger partial charge is 0.219 e. The van der Waals surface area contributed by atoms with Gasteiger partial charge in [-0.25, -0.2) is 0 Å². The van der Waals surface area contributed by atoms with E-state index in [2.05, 4.69) is 102 Å². The summed E-state index contributed by atoms with van der Waals surface area (Å²) in [6, 6.07) is 35.9. The molecule has 0 amide bonds. The summed E-state index contributed by atoms with van der Waals surface area (Å²) in [5.41, 5.74) is 7.85. The molecule has 0 unspecified atom stereocenters. The lowest BCUT2D eigenvalue weighted by Crippen LogP contribution is -2.10. The molecule has 0 atom stereocenters. The van der Waals surface area contributed by atoms with Gasteiger partial charge in [0.25, 0.3) is 0 Å². The number of ether oxygens (including phenoxy) is 2.